The normalized spacial score (nSPS) is 25.3. The minimum atomic E-state index is -0.630. The molecule has 0 atom stereocenters. The molecular weight excluding hydrogens is 268 g/mol. The maximum atomic E-state index is 10.8. The van der Waals surface area contributed by atoms with Crippen molar-refractivity contribution in [2.75, 3.05) is 0 Å². The van der Waals surface area contributed by atoms with Crippen molar-refractivity contribution in [1.82, 2.24) is 0 Å². The molecule has 1 aliphatic carbocycles. The van der Waals surface area contributed by atoms with Gasteiger partial charge in [0.15, 0.2) is 0 Å². The van der Waals surface area contributed by atoms with Crippen LogP contribution >= 0.6 is 15.9 Å². The van der Waals surface area contributed by atoms with Gasteiger partial charge in [-0.1, -0.05) is 28.1 Å². The van der Waals surface area contributed by atoms with Gasteiger partial charge in [0, 0.05) is 4.47 Å². The molecule has 1 N–H and O–H groups in total. The van der Waals surface area contributed by atoms with Gasteiger partial charge in [-0.25, -0.2) is 0 Å². The predicted molar refractivity (Wildman–Crippen MR) is 66.5 cm³/mol. The SMILES string of the molecule is O=C(O)C1CCC(c2ccc(Br)cc2)CC1. The van der Waals surface area contributed by atoms with Crippen molar-refractivity contribution in [2.24, 2.45) is 5.92 Å². The molecule has 0 unspecified atom stereocenters. The molecule has 3 heteroatoms. The molecule has 86 valence electrons. The standard InChI is InChI=1S/C13H15BrO2/c14-12-7-5-10(6-8-12)9-1-3-11(4-2-9)13(15)16/h5-9,11H,1-4H2,(H,15,16). The zero-order valence-corrected chi connectivity index (χ0v) is 10.6. The third kappa shape index (κ3) is 2.64. The summed E-state index contributed by atoms with van der Waals surface area (Å²) in [5.74, 6) is -0.204. The lowest BCUT2D eigenvalue weighted by Gasteiger charge is -2.26. The van der Waals surface area contributed by atoms with Crippen LogP contribution in [0.5, 0.6) is 0 Å². The summed E-state index contributed by atoms with van der Waals surface area (Å²) in [6, 6.07) is 8.38. The van der Waals surface area contributed by atoms with Crippen LogP contribution in [0, 0.1) is 5.92 Å². The first-order valence-electron chi connectivity index (χ1n) is 5.65. The van der Waals surface area contributed by atoms with Gasteiger partial charge in [0.1, 0.15) is 0 Å². The van der Waals surface area contributed by atoms with Crippen molar-refractivity contribution in [1.29, 1.82) is 0 Å². The van der Waals surface area contributed by atoms with E-state index in [0.29, 0.717) is 5.92 Å². The smallest absolute Gasteiger partial charge is 0.306 e. The fourth-order valence-electron chi connectivity index (χ4n) is 2.41. The van der Waals surface area contributed by atoms with E-state index in [1.165, 1.54) is 5.56 Å². The molecule has 0 aromatic heterocycles. The molecule has 1 aromatic rings. The Kier molecular flexibility index (Phi) is 3.64. The third-order valence-corrected chi connectivity index (χ3v) is 3.95. The Morgan fingerprint density at radius 3 is 2.19 bits per heavy atom. The zero-order chi connectivity index (χ0) is 11.5. The van der Waals surface area contributed by atoms with Gasteiger partial charge in [-0.3, -0.25) is 4.79 Å². The summed E-state index contributed by atoms with van der Waals surface area (Å²) >= 11 is 3.42. The van der Waals surface area contributed by atoms with Crippen LogP contribution in [0.3, 0.4) is 0 Å². The molecule has 1 aliphatic rings. The minimum absolute atomic E-state index is 0.119. The van der Waals surface area contributed by atoms with E-state index in [2.05, 4.69) is 40.2 Å². The van der Waals surface area contributed by atoms with Gasteiger partial charge in [0.25, 0.3) is 0 Å². The summed E-state index contributed by atoms with van der Waals surface area (Å²) in [6.45, 7) is 0. The van der Waals surface area contributed by atoms with E-state index in [1.807, 2.05) is 0 Å². The highest BCUT2D eigenvalue weighted by atomic mass is 79.9. The number of carboxylic acid groups (broad SMARTS) is 1. The maximum Gasteiger partial charge on any atom is 0.306 e. The van der Waals surface area contributed by atoms with E-state index in [1.54, 1.807) is 0 Å². The fourth-order valence-corrected chi connectivity index (χ4v) is 2.67. The van der Waals surface area contributed by atoms with E-state index in [-0.39, 0.29) is 5.92 Å². The number of benzene rings is 1. The fraction of sp³-hybridized carbons (Fsp3) is 0.462. The Hall–Kier alpha value is -0.830. The first-order chi connectivity index (χ1) is 7.66. The summed E-state index contributed by atoms with van der Waals surface area (Å²) in [6.07, 6.45) is 3.63. The first-order valence-corrected chi connectivity index (χ1v) is 6.44. The number of halogens is 1. The maximum absolute atomic E-state index is 10.8. The van der Waals surface area contributed by atoms with Crippen molar-refractivity contribution in [3.8, 4) is 0 Å². The monoisotopic (exact) mass is 282 g/mol. The molecule has 0 aliphatic heterocycles. The number of aliphatic carboxylic acids is 1. The van der Waals surface area contributed by atoms with Crippen molar-refractivity contribution < 1.29 is 9.90 Å². The van der Waals surface area contributed by atoms with Gasteiger partial charge < -0.3 is 5.11 Å². The molecule has 1 aromatic carbocycles. The minimum Gasteiger partial charge on any atom is -0.481 e. The van der Waals surface area contributed by atoms with E-state index in [0.717, 1.165) is 30.2 Å². The van der Waals surface area contributed by atoms with Crippen LogP contribution in [0.25, 0.3) is 0 Å². The molecule has 0 radical (unpaired) electrons. The Labute approximate surface area is 104 Å². The van der Waals surface area contributed by atoms with E-state index in [4.69, 9.17) is 5.11 Å². The highest BCUT2D eigenvalue weighted by Gasteiger charge is 2.26. The van der Waals surface area contributed by atoms with Gasteiger partial charge in [0.2, 0.25) is 0 Å². The predicted octanol–water partition coefficient (Wildman–Crippen LogP) is 3.81. The second-order valence-corrected chi connectivity index (χ2v) is 5.35. The Balaban J connectivity index is 1.99. The lowest BCUT2D eigenvalue weighted by Crippen LogP contribution is -2.20. The first kappa shape index (κ1) is 11.6. The summed E-state index contributed by atoms with van der Waals surface area (Å²) in [5, 5.41) is 8.93. The van der Waals surface area contributed by atoms with Crippen molar-refractivity contribution in [3.05, 3.63) is 34.3 Å². The van der Waals surface area contributed by atoms with Gasteiger partial charge in [-0.15, -0.1) is 0 Å². The van der Waals surface area contributed by atoms with Gasteiger partial charge in [-0.2, -0.15) is 0 Å². The number of rotatable bonds is 2. The lowest BCUT2D eigenvalue weighted by atomic mass is 9.79. The molecule has 1 saturated carbocycles. The molecule has 0 spiro atoms. The van der Waals surface area contributed by atoms with Crippen LogP contribution in [-0.2, 0) is 4.79 Å². The van der Waals surface area contributed by atoms with Crippen LogP contribution in [0.1, 0.15) is 37.2 Å². The molecule has 0 heterocycles. The quantitative estimate of drug-likeness (QED) is 0.896. The van der Waals surface area contributed by atoms with E-state index < -0.39 is 5.97 Å². The average molecular weight is 283 g/mol. The van der Waals surface area contributed by atoms with Crippen molar-refractivity contribution in [2.45, 2.75) is 31.6 Å². The number of carbonyl (C=O) groups is 1. The topological polar surface area (TPSA) is 37.3 Å². The third-order valence-electron chi connectivity index (χ3n) is 3.42. The Bertz CT molecular complexity index is 364. The summed E-state index contributed by atoms with van der Waals surface area (Å²) in [4.78, 5) is 10.8. The van der Waals surface area contributed by atoms with Crippen LogP contribution in [0.2, 0.25) is 0 Å². The highest BCUT2D eigenvalue weighted by Crippen LogP contribution is 2.36. The second-order valence-electron chi connectivity index (χ2n) is 4.44. The Morgan fingerprint density at radius 1 is 1.12 bits per heavy atom. The molecular formula is C13H15BrO2. The molecule has 2 rings (SSSR count). The van der Waals surface area contributed by atoms with E-state index >= 15 is 0 Å². The summed E-state index contributed by atoms with van der Waals surface area (Å²) in [7, 11) is 0. The molecule has 16 heavy (non-hydrogen) atoms. The highest BCUT2D eigenvalue weighted by molar-refractivity contribution is 9.10. The van der Waals surface area contributed by atoms with Crippen LogP contribution in [0.4, 0.5) is 0 Å². The largest absolute Gasteiger partial charge is 0.481 e. The van der Waals surface area contributed by atoms with Crippen molar-refractivity contribution in [3.63, 3.8) is 0 Å². The van der Waals surface area contributed by atoms with Crippen LogP contribution in [-0.4, -0.2) is 11.1 Å². The lowest BCUT2D eigenvalue weighted by molar-refractivity contribution is -0.142. The zero-order valence-electron chi connectivity index (χ0n) is 9.03. The van der Waals surface area contributed by atoms with Gasteiger partial charge in [-0.05, 0) is 49.3 Å². The van der Waals surface area contributed by atoms with Crippen LogP contribution in [0.15, 0.2) is 28.7 Å². The Morgan fingerprint density at radius 2 is 1.69 bits per heavy atom. The summed E-state index contributed by atoms with van der Waals surface area (Å²) < 4.78 is 1.09. The number of hydrogen-bond donors (Lipinski definition) is 1. The van der Waals surface area contributed by atoms with Gasteiger partial charge >= 0.3 is 5.97 Å². The molecule has 2 nitrogen and oxygen atoms in total. The van der Waals surface area contributed by atoms with Gasteiger partial charge in [0.05, 0.1) is 5.92 Å². The van der Waals surface area contributed by atoms with E-state index in [9.17, 15) is 4.79 Å². The molecule has 0 saturated heterocycles. The second kappa shape index (κ2) is 5.00. The average Bonchev–Trinajstić information content (AvgIpc) is 2.30. The number of hydrogen-bond acceptors (Lipinski definition) is 1. The molecule has 1 fully saturated rings. The molecule has 0 amide bonds. The van der Waals surface area contributed by atoms with Crippen molar-refractivity contribution >= 4 is 21.9 Å². The molecule has 0 bridgehead atoms. The number of carboxylic acids is 1. The van der Waals surface area contributed by atoms with Crippen LogP contribution < -0.4 is 0 Å². The summed E-state index contributed by atoms with van der Waals surface area (Å²) in [5.41, 5.74) is 1.34.